The molecular weight excluding hydrogens is 662 g/mol. The summed E-state index contributed by atoms with van der Waals surface area (Å²) in [5.74, 6) is -5.19. The van der Waals surface area contributed by atoms with Crippen LogP contribution in [0.2, 0.25) is 0 Å². The van der Waals surface area contributed by atoms with Gasteiger partial charge in [-0.2, -0.15) is 0 Å². The largest absolute Gasteiger partial charge is 0.481 e. The van der Waals surface area contributed by atoms with Gasteiger partial charge in [0.1, 0.15) is 24.0 Å². The number of amides is 2. The summed E-state index contributed by atoms with van der Waals surface area (Å²) in [6.07, 6.45) is 10.5. The summed E-state index contributed by atoms with van der Waals surface area (Å²) < 4.78 is 11.4. The summed E-state index contributed by atoms with van der Waals surface area (Å²) in [6, 6.07) is 0. The van der Waals surface area contributed by atoms with Crippen LogP contribution in [-0.4, -0.2) is 93.8 Å². The zero-order valence-electron chi connectivity index (χ0n) is 29.6. The number of carbonyl (C=O) groups excluding carboxylic acids is 4. The number of unbranched alkanes of at least 4 members (excludes halogenated alkanes) is 1. The fourth-order valence-electron chi connectivity index (χ4n) is 5.62. The second-order valence-electron chi connectivity index (χ2n) is 12.9. The molecule has 51 heavy (non-hydrogen) atoms. The molecule has 5 N–H and O–H groups in total. The van der Waals surface area contributed by atoms with E-state index in [1.165, 1.54) is 11.0 Å². The van der Waals surface area contributed by atoms with Gasteiger partial charge in [-0.1, -0.05) is 68.3 Å². The summed E-state index contributed by atoms with van der Waals surface area (Å²) in [6.45, 7) is 7.57. The van der Waals surface area contributed by atoms with Crippen molar-refractivity contribution in [1.82, 2.24) is 15.2 Å². The van der Waals surface area contributed by atoms with Crippen LogP contribution in [0.4, 0.5) is 0 Å². The predicted molar refractivity (Wildman–Crippen MR) is 186 cm³/mol. The van der Waals surface area contributed by atoms with Gasteiger partial charge < -0.3 is 40.2 Å². The maximum Gasteiger partial charge on any atom is 0.355 e. The van der Waals surface area contributed by atoms with E-state index in [-0.39, 0.29) is 73.1 Å². The smallest absolute Gasteiger partial charge is 0.355 e. The zero-order chi connectivity index (χ0) is 37.5. The van der Waals surface area contributed by atoms with Crippen molar-refractivity contribution in [3.8, 4) is 0 Å². The number of esters is 1. The monoisotopic (exact) mass is 711 g/mol. The number of oxime groups is 1. The molecule has 1 unspecified atom stereocenters. The fourth-order valence-corrected chi connectivity index (χ4v) is 5.62. The number of rotatable bonds is 10. The summed E-state index contributed by atoms with van der Waals surface area (Å²) in [5.41, 5.74) is 6.34. The number of carboxylic acid groups (broad SMARTS) is 1. The van der Waals surface area contributed by atoms with Gasteiger partial charge in [-0.25, -0.2) is 9.78 Å². The number of Topliss-reactive ketones (excluding diaryl/α,β-unsaturated/α-hetero) is 1. The summed E-state index contributed by atoms with van der Waals surface area (Å²) >= 11 is 0. The molecule has 0 fully saturated rings. The normalized spacial score (nSPS) is 24.8. The van der Waals surface area contributed by atoms with Gasteiger partial charge in [0.15, 0.2) is 18.1 Å². The highest BCUT2D eigenvalue weighted by Gasteiger charge is 2.34. The molecule has 2 bridgehead atoms. The lowest BCUT2D eigenvalue weighted by molar-refractivity contribution is -0.150. The maximum absolute atomic E-state index is 13.5. The van der Waals surface area contributed by atoms with Gasteiger partial charge in [0, 0.05) is 25.4 Å². The number of carboxylic acids is 1. The molecule has 15 heteroatoms. The number of nitrogens with one attached hydrogen (secondary N) is 1. The van der Waals surface area contributed by atoms with Crippen molar-refractivity contribution in [2.75, 3.05) is 26.2 Å². The van der Waals surface area contributed by atoms with Crippen LogP contribution in [0.3, 0.4) is 0 Å². The van der Waals surface area contributed by atoms with E-state index in [2.05, 4.69) is 15.5 Å². The van der Waals surface area contributed by atoms with E-state index < -0.39 is 48.4 Å². The molecule has 0 aliphatic carbocycles. The highest BCUT2D eigenvalue weighted by molar-refractivity contribution is 6.01. The van der Waals surface area contributed by atoms with Crippen LogP contribution in [0.5, 0.6) is 0 Å². The third-order valence-electron chi connectivity index (χ3n) is 8.24. The van der Waals surface area contributed by atoms with Gasteiger partial charge in [-0.15, -0.1) is 0 Å². The highest BCUT2D eigenvalue weighted by Crippen LogP contribution is 2.25. The number of aromatic nitrogens is 1. The van der Waals surface area contributed by atoms with Gasteiger partial charge in [-0.05, 0) is 44.7 Å². The number of nitrogens with zero attached hydrogens (tertiary/aromatic N) is 3. The van der Waals surface area contributed by atoms with Crippen molar-refractivity contribution in [1.29, 1.82) is 0 Å². The minimum absolute atomic E-state index is 0.0481. The van der Waals surface area contributed by atoms with Gasteiger partial charge in [0.2, 0.25) is 11.8 Å². The molecule has 15 nitrogen and oxygen atoms in total. The SMILES string of the molecule is CC1=C\[C@@H](O)C/C(=N\OCC(=O)[C@@H](CCCCN)C(=O)O)Cc2nc(co2)C(=O)N2CCC=C2C(=O)OC(C(C)C)[C@H](C)/C=C/C(=O)NC\C=C\1. The third-order valence-corrected chi connectivity index (χ3v) is 8.24. The van der Waals surface area contributed by atoms with Crippen LogP contribution in [0.15, 0.2) is 63.6 Å². The van der Waals surface area contributed by atoms with Crippen LogP contribution in [0.25, 0.3) is 0 Å². The van der Waals surface area contributed by atoms with E-state index >= 15 is 0 Å². The quantitative estimate of drug-likeness (QED) is 0.119. The number of aliphatic hydroxyl groups is 1. The molecule has 3 heterocycles. The Kier molecular flexibility index (Phi) is 16.0. The molecule has 4 atom stereocenters. The predicted octanol–water partition coefficient (Wildman–Crippen LogP) is 2.86. The lowest BCUT2D eigenvalue weighted by Crippen LogP contribution is -2.36. The van der Waals surface area contributed by atoms with Crippen molar-refractivity contribution in [3.63, 3.8) is 0 Å². The fraction of sp³-hybridized carbons (Fsp3) is 0.528. The van der Waals surface area contributed by atoms with Crippen molar-refractivity contribution >= 4 is 35.2 Å². The molecule has 0 spiro atoms. The Bertz CT molecular complexity index is 1560. The molecule has 0 saturated heterocycles. The topological polar surface area (TPSA) is 224 Å². The van der Waals surface area contributed by atoms with Crippen molar-refractivity contribution in [2.24, 2.45) is 28.6 Å². The average Bonchev–Trinajstić information content (AvgIpc) is 3.76. The van der Waals surface area contributed by atoms with Gasteiger partial charge in [0.05, 0.1) is 18.2 Å². The number of hydrogen-bond donors (Lipinski definition) is 4. The maximum atomic E-state index is 13.5. The lowest BCUT2D eigenvalue weighted by Gasteiger charge is -2.27. The van der Waals surface area contributed by atoms with Crippen molar-refractivity contribution < 1.29 is 48.2 Å². The van der Waals surface area contributed by atoms with Crippen LogP contribution < -0.4 is 11.1 Å². The van der Waals surface area contributed by atoms with E-state index in [4.69, 9.17) is 19.7 Å². The Morgan fingerprint density at radius 2 is 1.98 bits per heavy atom. The number of nitrogens with two attached hydrogens (primary N) is 1. The van der Waals surface area contributed by atoms with Gasteiger partial charge in [0.25, 0.3) is 5.91 Å². The first-order valence-corrected chi connectivity index (χ1v) is 17.1. The molecule has 3 rings (SSSR count). The Labute approximate surface area is 297 Å². The molecule has 2 aliphatic rings. The minimum atomic E-state index is -1.28. The number of aliphatic hydroxyl groups excluding tert-OH is 1. The number of fused-ring (bicyclic) bond motifs is 3. The van der Waals surface area contributed by atoms with Crippen molar-refractivity contribution in [3.05, 3.63) is 65.6 Å². The van der Waals surface area contributed by atoms with E-state index in [0.717, 1.165) is 6.26 Å². The number of hydrogen-bond acceptors (Lipinski definition) is 12. The van der Waals surface area contributed by atoms with Crippen LogP contribution >= 0.6 is 0 Å². The molecule has 1 aromatic rings. The van der Waals surface area contributed by atoms with Crippen LogP contribution in [0.1, 0.15) is 76.2 Å². The first-order valence-electron chi connectivity index (χ1n) is 17.1. The van der Waals surface area contributed by atoms with Crippen molar-refractivity contribution in [2.45, 2.75) is 78.4 Å². The van der Waals surface area contributed by atoms with E-state index in [9.17, 15) is 34.2 Å². The third kappa shape index (κ3) is 12.7. The standard InChI is InChI=1S/C36H49N5O10/c1-22(2)33-24(4)12-13-31(44)38-15-7-9-23(3)17-26(42)18-25(40-50-21-30(43)27(35(46)47)10-5-6-14-37)19-32-39-28(20-49-32)34(45)41-16-8-11-29(41)36(48)51-33/h7,9,11-13,17,20,22,24,26-27,33,42H,5-6,8,10,14-16,18-19,21,37H2,1-4H3,(H,38,44)(H,46,47)/b9-7+,13-12+,23-17+,40-25+/t24-,26-,27-,33?/m1/s1. The zero-order valence-corrected chi connectivity index (χ0v) is 29.6. The molecule has 0 radical (unpaired) electrons. The Balaban J connectivity index is 1.89. The number of carbonyl (C=O) groups is 5. The summed E-state index contributed by atoms with van der Waals surface area (Å²) in [7, 11) is 0. The Hall–Kier alpha value is -4.89. The molecule has 1 aromatic heterocycles. The van der Waals surface area contributed by atoms with E-state index in [1.54, 1.807) is 37.3 Å². The highest BCUT2D eigenvalue weighted by atomic mass is 16.6. The molecular formula is C36H49N5O10. The number of cyclic esters (lactones) is 1. The van der Waals surface area contributed by atoms with Gasteiger partial charge >= 0.3 is 11.9 Å². The number of oxazole rings is 1. The first kappa shape index (κ1) is 40.5. The number of ether oxygens (including phenoxy) is 1. The van der Waals surface area contributed by atoms with E-state index in [0.29, 0.717) is 31.4 Å². The van der Waals surface area contributed by atoms with Gasteiger partial charge in [-0.3, -0.25) is 19.2 Å². The lowest BCUT2D eigenvalue weighted by atomic mass is 9.94. The second kappa shape index (κ2) is 20.1. The Morgan fingerprint density at radius 3 is 2.69 bits per heavy atom. The van der Waals surface area contributed by atoms with Crippen LogP contribution in [0, 0.1) is 17.8 Å². The molecule has 2 aliphatic heterocycles. The Morgan fingerprint density at radius 1 is 1.22 bits per heavy atom. The molecule has 2 amide bonds. The first-order chi connectivity index (χ1) is 24.3. The molecule has 0 aromatic carbocycles. The minimum Gasteiger partial charge on any atom is -0.481 e. The number of allylic oxidation sites excluding steroid dienone is 2. The molecule has 0 saturated carbocycles. The van der Waals surface area contributed by atoms with E-state index in [1.807, 2.05) is 20.8 Å². The summed E-state index contributed by atoms with van der Waals surface area (Å²) in [5, 5.41) is 27.2. The summed E-state index contributed by atoms with van der Waals surface area (Å²) in [4.78, 5) is 74.5. The number of ketones is 1. The number of aliphatic carboxylic acids is 1. The second-order valence-corrected chi connectivity index (χ2v) is 12.9. The molecule has 278 valence electrons. The average molecular weight is 712 g/mol. The van der Waals surface area contributed by atoms with Crippen LogP contribution in [-0.2, 0) is 35.2 Å².